The fraction of sp³-hybridized carbons (Fsp3) is 0.318. The molecule has 2 aliphatic rings. The molecule has 0 bridgehead atoms. The van der Waals surface area contributed by atoms with Crippen molar-refractivity contribution in [1.29, 1.82) is 0 Å². The first kappa shape index (κ1) is 17.0. The number of aromatic nitrogens is 3. The van der Waals surface area contributed by atoms with E-state index in [2.05, 4.69) is 26.6 Å². The molecule has 1 spiro atoms. The lowest BCUT2D eigenvalue weighted by Crippen LogP contribution is -2.26. The number of benzene rings is 2. The lowest BCUT2D eigenvalue weighted by Gasteiger charge is -2.26. The molecule has 1 amide bonds. The number of H-pyrrole nitrogens is 1. The van der Waals surface area contributed by atoms with E-state index in [0.717, 1.165) is 47.7 Å². The molecule has 1 saturated carbocycles. The van der Waals surface area contributed by atoms with Crippen LogP contribution in [0, 0.1) is 5.92 Å². The van der Waals surface area contributed by atoms with E-state index in [0.29, 0.717) is 12.4 Å². The normalized spacial score (nSPS) is 22.4. The molecule has 2 aromatic carbocycles. The molecule has 2 heterocycles. The minimum absolute atomic E-state index is 0.0380. The predicted molar refractivity (Wildman–Crippen MR) is 106 cm³/mol. The number of nitrogens with zero attached hydrogens (tertiary/aromatic N) is 2. The van der Waals surface area contributed by atoms with Crippen LogP contribution in [0.15, 0.2) is 48.5 Å². The molecule has 2 N–H and O–H groups in total. The van der Waals surface area contributed by atoms with Crippen LogP contribution in [0.2, 0.25) is 0 Å². The van der Waals surface area contributed by atoms with Gasteiger partial charge in [0.25, 0.3) is 0 Å². The van der Waals surface area contributed by atoms with E-state index >= 15 is 0 Å². The van der Waals surface area contributed by atoms with Crippen LogP contribution >= 0.6 is 0 Å². The van der Waals surface area contributed by atoms with Crippen molar-refractivity contribution >= 4 is 11.6 Å². The fourth-order valence-electron chi connectivity index (χ4n) is 4.29. The van der Waals surface area contributed by atoms with Gasteiger partial charge in [-0.25, -0.2) is 4.98 Å². The summed E-state index contributed by atoms with van der Waals surface area (Å²) < 4.78 is 5.78. The van der Waals surface area contributed by atoms with Gasteiger partial charge in [0.05, 0.1) is 12.3 Å². The minimum Gasteiger partial charge on any atom is -0.493 e. The van der Waals surface area contributed by atoms with E-state index in [9.17, 15) is 4.79 Å². The largest absolute Gasteiger partial charge is 0.493 e. The Morgan fingerprint density at radius 2 is 2.07 bits per heavy atom. The van der Waals surface area contributed by atoms with Gasteiger partial charge in [0.1, 0.15) is 11.6 Å². The molecule has 6 heteroatoms. The van der Waals surface area contributed by atoms with Crippen LogP contribution in [0.3, 0.4) is 0 Å². The quantitative estimate of drug-likeness (QED) is 0.729. The average Bonchev–Trinajstić information content (AvgIpc) is 3.24. The molecule has 1 aromatic heterocycles. The molecule has 6 nitrogen and oxygen atoms in total. The van der Waals surface area contributed by atoms with E-state index in [4.69, 9.17) is 4.74 Å². The maximum atomic E-state index is 13.1. The van der Waals surface area contributed by atoms with Crippen molar-refractivity contribution < 1.29 is 9.53 Å². The number of carbonyl (C=O) groups is 1. The number of hydrogen-bond donors (Lipinski definition) is 2. The molecule has 3 aromatic rings. The summed E-state index contributed by atoms with van der Waals surface area (Å²) in [4.78, 5) is 17.6. The van der Waals surface area contributed by atoms with E-state index in [-0.39, 0.29) is 17.2 Å². The Hall–Kier alpha value is -3.15. The van der Waals surface area contributed by atoms with Gasteiger partial charge in [0, 0.05) is 28.9 Å². The number of aromatic amines is 1. The number of aryl methyl sites for hydroxylation is 1. The monoisotopic (exact) mass is 374 g/mol. The molecular weight excluding hydrogens is 352 g/mol. The zero-order chi connectivity index (χ0) is 19.1. The lowest BCUT2D eigenvalue weighted by molar-refractivity contribution is -0.117. The van der Waals surface area contributed by atoms with Gasteiger partial charge in [0.2, 0.25) is 5.91 Å². The summed E-state index contributed by atoms with van der Waals surface area (Å²) in [5.41, 5.74) is 2.65. The van der Waals surface area contributed by atoms with Gasteiger partial charge in [-0.05, 0) is 31.0 Å². The Morgan fingerprint density at radius 3 is 2.93 bits per heavy atom. The summed E-state index contributed by atoms with van der Waals surface area (Å²) in [6, 6.07) is 15.8. The van der Waals surface area contributed by atoms with Crippen molar-refractivity contribution in [2.24, 2.45) is 5.92 Å². The standard InChI is InChI=1S/C22H22N4O2/c1-2-19-24-20(26-25-19)14-7-3-5-9-17(14)23-21(27)16-13-22(16)11-12-28-18-10-6-4-8-15(18)22/h3-10,16H,2,11-13H2,1H3,(H,23,27)(H,24,25,26). The number of rotatable bonds is 4. The Morgan fingerprint density at radius 1 is 1.25 bits per heavy atom. The van der Waals surface area contributed by atoms with Crippen molar-refractivity contribution in [3.63, 3.8) is 0 Å². The molecule has 1 aliphatic carbocycles. The Labute approximate surface area is 163 Å². The molecule has 5 rings (SSSR count). The first-order valence-corrected chi connectivity index (χ1v) is 9.75. The highest BCUT2D eigenvalue weighted by molar-refractivity contribution is 5.99. The van der Waals surface area contributed by atoms with Crippen LogP contribution in [-0.4, -0.2) is 27.7 Å². The highest BCUT2D eigenvalue weighted by Gasteiger charge is 2.61. The maximum absolute atomic E-state index is 13.1. The molecule has 1 aliphatic heterocycles. The van der Waals surface area contributed by atoms with E-state index in [1.807, 2.05) is 49.4 Å². The van der Waals surface area contributed by atoms with Crippen molar-refractivity contribution in [3.8, 4) is 17.1 Å². The van der Waals surface area contributed by atoms with Crippen LogP contribution < -0.4 is 10.1 Å². The lowest BCUT2D eigenvalue weighted by atomic mass is 9.87. The molecule has 142 valence electrons. The molecule has 28 heavy (non-hydrogen) atoms. The Kier molecular flexibility index (Phi) is 3.93. The van der Waals surface area contributed by atoms with Crippen molar-refractivity contribution in [3.05, 3.63) is 59.9 Å². The average molecular weight is 374 g/mol. The second-order valence-corrected chi connectivity index (χ2v) is 7.50. The summed E-state index contributed by atoms with van der Waals surface area (Å²) in [6.45, 7) is 2.69. The topological polar surface area (TPSA) is 79.9 Å². The number of carbonyl (C=O) groups excluding carboxylic acids is 1. The highest BCUT2D eigenvalue weighted by Crippen LogP contribution is 2.60. The van der Waals surface area contributed by atoms with Crippen LogP contribution in [0.1, 0.15) is 31.2 Å². The number of amides is 1. The highest BCUT2D eigenvalue weighted by atomic mass is 16.5. The first-order chi connectivity index (χ1) is 13.7. The van der Waals surface area contributed by atoms with Gasteiger partial charge in [0.15, 0.2) is 5.82 Å². The predicted octanol–water partition coefficient (Wildman–Crippen LogP) is 3.71. The molecular formula is C22H22N4O2. The summed E-state index contributed by atoms with van der Waals surface area (Å²) in [5, 5.41) is 10.4. The zero-order valence-corrected chi connectivity index (χ0v) is 15.7. The smallest absolute Gasteiger partial charge is 0.228 e. The number of para-hydroxylation sites is 2. The maximum Gasteiger partial charge on any atom is 0.228 e. The second kappa shape index (κ2) is 6.48. The number of hydrogen-bond acceptors (Lipinski definition) is 4. The molecule has 1 fully saturated rings. The van der Waals surface area contributed by atoms with Crippen molar-refractivity contribution in [2.75, 3.05) is 11.9 Å². The van der Waals surface area contributed by atoms with Gasteiger partial charge >= 0.3 is 0 Å². The van der Waals surface area contributed by atoms with Gasteiger partial charge in [-0.15, -0.1) is 0 Å². The van der Waals surface area contributed by atoms with Gasteiger partial charge in [-0.3, -0.25) is 9.89 Å². The van der Waals surface area contributed by atoms with E-state index in [1.165, 1.54) is 0 Å². The third-order valence-electron chi connectivity index (χ3n) is 5.91. The molecule has 0 radical (unpaired) electrons. The third kappa shape index (κ3) is 2.68. The molecule has 2 unspecified atom stereocenters. The van der Waals surface area contributed by atoms with E-state index < -0.39 is 0 Å². The van der Waals surface area contributed by atoms with Gasteiger partial charge < -0.3 is 10.1 Å². The first-order valence-electron chi connectivity index (χ1n) is 9.75. The minimum atomic E-state index is -0.0894. The fourth-order valence-corrected chi connectivity index (χ4v) is 4.29. The van der Waals surface area contributed by atoms with Crippen LogP contribution in [0.5, 0.6) is 5.75 Å². The molecule has 2 atom stereocenters. The van der Waals surface area contributed by atoms with Crippen LogP contribution in [-0.2, 0) is 16.6 Å². The zero-order valence-electron chi connectivity index (χ0n) is 15.7. The van der Waals surface area contributed by atoms with Gasteiger partial charge in [-0.1, -0.05) is 37.3 Å². The number of fused-ring (bicyclic) bond motifs is 2. The SMILES string of the molecule is CCc1nc(-c2ccccc2NC(=O)C2CC23CCOc2ccccc23)n[nH]1. The van der Waals surface area contributed by atoms with Gasteiger partial charge in [-0.2, -0.15) is 5.10 Å². The number of nitrogens with one attached hydrogen (secondary N) is 2. The molecule has 0 saturated heterocycles. The summed E-state index contributed by atoms with van der Waals surface area (Å²) in [5.74, 6) is 2.36. The Balaban J connectivity index is 1.40. The van der Waals surface area contributed by atoms with Crippen molar-refractivity contribution in [1.82, 2.24) is 15.2 Å². The van der Waals surface area contributed by atoms with E-state index in [1.54, 1.807) is 0 Å². The summed E-state index contributed by atoms with van der Waals surface area (Å²) >= 11 is 0. The van der Waals surface area contributed by atoms with Crippen molar-refractivity contribution in [2.45, 2.75) is 31.6 Å². The number of ether oxygens (including phenoxy) is 1. The summed E-state index contributed by atoms with van der Waals surface area (Å²) in [6.07, 6.45) is 2.53. The number of anilines is 1. The Bertz CT molecular complexity index is 1040. The second-order valence-electron chi connectivity index (χ2n) is 7.50. The van der Waals surface area contributed by atoms with Crippen LogP contribution in [0.4, 0.5) is 5.69 Å². The summed E-state index contributed by atoms with van der Waals surface area (Å²) in [7, 11) is 0. The third-order valence-corrected chi connectivity index (χ3v) is 5.91. The van der Waals surface area contributed by atoms with Crippen LogP contribution in [0.25, 0.3) is 11.4 Å².